The van der Waals surface area contributed by atoms with Gasteiger partial charge in [0, 0.05) is 13.0 Å². The molecule has 2 aromatic rings. The average molecular weight is 465 g/mol. The van der Waals surface area contributed by atoms with Gasteiger partial charge in [0.15, 0.2) is 0 Å². The molecule has 0 saturated heterocycles. The number of carboxylic acid groups (broad SMARTS) is 1. The topological polar surface area (TPSA) is 95.9 Å². The van der Waals surface area contributed by atoms with Crippen molar-refractivity contribution in [2.24, 2.45) is 0 Å². The molecule has 2 N–H and O–H groups in total. The summed E-state index contributed by atoms with van der Waals surface area (Å²) < 4.78 is 5.56. The number of carbonyl (C=O) groups excluding carboxylic acids is 2. The first-order valence-corrected chi connectivity index (χ1v) is 11.9. The fourth-order valence-corrected chi connectivity index (χ4v) is 5.52. The number of rotatable bonds is 7. The molecule has 0 spiro atoms. The van der Waals surface area contributed by atoms with Gasteiger partial charge in [-0.15, -0.1) is 0 Å². The highest BCUT2D eigenvalue weighted by molar-refractivity contribution is 5.86. The van der Waals surface area contributed by atoms with Crippen LogP contribution in [0.3, 0.4) is 0 Å². The van der Waals surface area contributed by atoms with Crippen LogP contribution >= 0.6 is 0 Å². The van der Waals surface area contributed by atoms with Gasteiger partial charge < -0.3 is 20.1 Å². The number of hydrogen-bond acceptors (Lipinski definition) is 4. The van der Waals surface area contributed by atoms with E-state index < -0.39 is 23.6 Å². The normalized spacial score (nSPS) is 17.2. The Morgan fingerprint density at radius 2 is 1.59 bits per heavy atom. The lowest BCUT2D eigenvalue weighted by Gasteiger charge is -2.44. The summed E-state index contributed by atoms with van der Waals surface area (Å²) in [7, 11) is 1.65. The Balaban J connectivity index is 1.39. The number of benzene rings is 2. The van der Waals surface area contributed by atoms with Crippen molar-refractivity contribution in [3.8, 4) is 11.1 Å². The third kappa shape index (κ3) is 4.65. The van der Waals surface area contributed by atoms with E-state index in [1.165, 1.54) is 4.90 Å². The number of fused-ring (bicyclic) bond motifs is 3. The van der Waals surface area contributed by atoms with Gasteiger partial charge in [0.1, 0.15) is 12.6 Å². The van der Waals surface area contributed by atoms with E-state index in [9.17, 15) is 19.5 Å². The highest BCUT2D eigenvalue weighted by Gasteiger charge is 2.41. The second-order valence-electron chi connectivity index (χ2n) is 9.44. The number of carboxylic acids is 1. The van der Waals surface area contributed by atoms with Crippen LogP contribution in [0.1, 0.15) is 62.5 Å². The molecule has 0 unspecified atom stereocenters. The Morgan fingerprint density at radius 3 is 2.15 bits per heavy atom. The van der Waals surface area contributed by atoms with Crippen LogP contribution < -0.4 is 5.32 Å². The summed E-state index contributed by atoms with van der Waals surface area (Å²) >= 11 is 0. The largest absolute Gasteiger partial charge is 0.481 e. The van der Waals surface area contributed by atoms with E-state index in [1.807, 2.05) is 24.3 Å². The number of aliphatic carboxylic acids is 1. The first-order chi connectivity index (χ1) is 16.3. The quantitative estimate of drug-likeness (QED) is 0.627. The molecule has 0 aliphatic heterocycles. The van der Waals surface area contributed by atoms with Crippen LogP contribution in [0.5, 0.6) is 0 Å². The molecule has 0 aromatic heterocycles. The summed E-state index contributed by atoms with van der Waals surface area (Å²) in [5, 5.41) is 12.1. The maximum atomic E-state index is 13.1. The first kappa shape index (κ1) is 23.8. The number of alkyl carbamates (subject to hydrolysis) is 1. The zero-order valence-electron chi connectivity index (χ0n) is 19.8. The maximum Gasteiger partial charge on any atom is 0.407 e. The zero-order valence-corrected chi connectivity index (χ0v) is 19.8. The van der Waals surface area contributed by atoms with E-state index in [0.717, 1.165) is 41.5 Å². The molecule has 2 amide bonds. The van der Waals surface area contributed by atoms with Gasteiger partial charge in [0.05, 0.1) is 12.0 Å². The van der Waals surface area contributed by atoms with Gasteiger partial charge in [0.2, 0.25) is 5.91 Å². The van der Waals surface area contributed by atoms with Gasteiger partial charge >= 0.3 is 12.1 Å². The highest BCUT2D eigenvalue weighted by atomic mass is 16.5. The Morgan fingerprint density at radius 1 is 1.03 bits per heavy atom. The van der Waals surface area contributed by atoms with Crippen LogP contribution in [-0.4, -0.2) is 53.2 Å². The molecule has 4 rings (SSSR count). The lowest BCUT2D eigenvalue weighted by Crippen LogP contribution is -2.57. The summed E-state index contributed by atoms with van der Waals surface area (Å²) in [4.78, 5) is 38.8. The van der Waals surface area contributed by atoms with Gasteiger partial charge in [0.25, 0.3) is 0 Å². The van der Waals surface area contributed by atoms with Gasteiger partial charge in [-0.05, 0) is 42.0 Å². The summed E-state index contributed by atoms with van der Waals surface area (Å²) in [5.41, 5.74) is 3.82. The van der Waals surface area contributed by atoms with Crippen molar-refractivity contribution in [1.29, 1.82) is 0 Å². The molecule has 2 aliphatic carbocycles. The highest BCUT2D eigenvalue weighted by Crippen LogP contribution is 2.44. The molecule has 0 radical (unpaired) electrons. The number of likely N-dealkylation sites (N-methyl/N-ethyl adjacent to an activating group) is 1. The van der Waals surface area contributed by atoms with Crippen molar-refractivity contribution >= 4 is 18.0 Å². The third-order valence-electron chi connectivity index (χ3n) is 7.36. The Kier molecular flexibility index (Phi) is 6.91. The number of carbonyl (C=O) groups is 3. The van der Waals surface area contributed by atoms with Crippen LogP contribution in [0.15, 0.2) is 48.5 Å². The van der Waals surface area contributed by atoms with Crippen LogP contribution in [0.4, 0.5) is 4.79 Å². The number of nitrogens with zero attached hydrogens (tertiary/aromatic N) is 1. The molecule has 7 heteroatoms. The number of hydrogen-bond donors (Lipinski definition) is 2. The summed E-state index contributed by atoms with van der Waals surface area (Å²) in [5.74, 6) is -1.29. The lowest BCUT2D eigenvalue weighted by atomic mass is 9.78. The van der Waals surface area contributed by atoms with Gasteiger partial charge in [-0.25, -0.2) is 4.79 Å². The third-order valence-corrected chi connectivity index (χ3v) is 7.36. The molecule has 2 aliphatic rings. The van der Waals surface area contributed by atoms with Gasteiger partial charge in [-0.1, -0.05) is 67.8 Å². The number of ether oxygens (including phenoxy) is 1. The Bertz CT molecular complexity index is 1030. The summed E-state index contributed by atoms with van der Waals surface area (Å²) in [6, 6.07) is 15.4. The summed E-state index contributed by atoms with van der Waals surface area (Å²) in [6.45, 7) is 1.77. The Labute approximate surface area is 200 Å². The fourth-order valence-electron chi connectivity index (χ4n) is 5.52. The molecule has 0 heterocycles. The van der Waals surface area contributed by atoms with E-state index in [4.69, 9.17) is 4.74 Å². The van der Waals surface area contributed by atoms with Gasteiger partial charge in [-0.3, -0.25) is 9.59 Å². The van der Waals surface area contributed by atoms with Crippen molar-refractivity contribution in [3.05, 3.63) is 59.7 Å². The van der Waals surface area contributed by atoms with Crippen LogP contribution in [-0.2, 0) is 14.3 Å². The predicted molar refractivity (Wildman–Crippen MR) is 129 cm³/mol. The fraction of sp³-hybridized carbons (Fsp3) is 0.444. The first-order valence-electron chi connectivity index (χ1n) is 11.9. The lowest BCUT2D eigenvalue weighted by molar-refractivity contribution is -0.146. The van der Waals surface area contributed by atoms with E-state index in [2.05, 4.69) is 29.6 Å². The smallest absolute Gasteiger partial charge is 0.407 e. The zero-order chi connectivity index (χ0) is 24.3. The standard InChI is InChI=1S/C27H32N2O5/c1-18(25(32)29(2)27(16-24(30)31)14-8-3-9-15-27)28-26(33)34-17-23-21-12-6-4-10-19(21)20-11-5-7-13-22(20)23/h4-7,10-13,18,23H,3,8-9,14-17H2,1-2H3,(H,28,33)(H,30,31)/t18-/m1/s1. The van der Waals surface area contributed by atoms with Crippen molar-refractivity contribution < 1.29 is 24.2 Å². The van der Waals surface area contributed by atoms with E-state index in [-0.39, 0.29) is 24.9 Å². The van der Waals surface area contributed by atoms with Crippen molar-refractivity contribution in [2.75, 3.05) is 13.7 Å². The number of amides is 2. The minimum Gasteiger partial charge on any atom is -0.481 e. The van der Waals surface area contributed by atoms with Crippen LogP contribution in [0.25, 0.3) is 11.1 Å². The molecule has 1 atom stereocenters. The van der Waals surface area contributed by atoms with Crippen molar-refractivity contribution in [2.45, 2.75) is 62.9 Å². The molecule has 1 fully saturated rings. The Hall–Kier alpha value is -3.35. The second-order valence-corrected chi connectivity index (χ2v) is 9.44. The van der Waals surface area contributed by atoms with Crippen molar-refractivity contribution in [3.63, 3.8) is 0 Å². The minimum atomic E-state index is -0.918. The second kappa shape index (κ2) is 9.87. The molecule has 7 nitrogen and oxygen atoms in total. The van der Waals surface area contributed by atoms with Crippen LogP contribution in [0.2, 0.25) is 0 Å². The van der Waals surface area contributed by atoms with E-state index in [1.54, 1.807) is 14.0 Å². The molecule has 0 bridgehead atoms. The molecular formula is C27H32N2O5. The van der Waals surface area contributed by atoms with Gasteiger partial charge in [-0.2, -0.15) is 0 Å². The minimum absolute atomic E-state index is 0.0621. The molecular weight excluding hydrogens is 432 g/mol. The average Bonchev–Trinajstić information content (AvgIpc) is 3.15. The van der Waals surface area contributed by atoms with Crippen LogP contribution in [0, 0.1) is 0 Å². The van der Waals surface area contributed by atoms with E-state index in [0.29, 0.717) is 12.8 Å². The number of nitrogens with one attached hydrogen (secondary N) is 1. The predicted octanol–water partition coefficient (Wildman–Crippen LogP) is 4.55. The SMILES string of the molecule is C[C@@H](NC(=O)OCC1c2ccccc2-c2ccccc21)C(=O)N(C)C1(CC(=O)O)CCCCC1. The molecule has 2 aromatic carbocycles. The monoisotopic (exact) mass is 464 g/mol. The molecule has 1 saturated carbocycles. The van der Waals surface area contributed by atoms with Crippen molar-refractivity contribution in [1.82, 2.24) is 10.2 Å². The summed E-state index contributed by atoms with van der Waals surface area (Å²) in [6.07, 6.45) is 3.37. The molecule has 34 heavy (non-hydrogen) atoms. The molecule has 180 valence electrons. The maximum absolute atomic E-state index is 13.1. The van der Waals surface area contributed by atoms with E-state index >= 15 is 0 Å².